The van der Waals surface area contributed by atoms with E-state index in [1.165, 1.54) is 6.92 Å². The molecule has 0 spiro atoms. The fourth-order valence-electron chi connectivity index (χ4n) is 1.92. The molecule has 0 aliphatic heterocycles. The second kappa shape index (κ2) is 8.84. The van der Waals surface area contributed by atoms with Gasteiger partial charge in [-0.25, -0.2) is 5.43 Å². The highest BCUT2D eigenvalue weighted by atomic mass is 35.5. The number of carbonyl (C=O) groups is 2. The molecule has 0 saturated heterocycles. The van der Waals surface area contributed by atoms with Gasteiger partial charge in [-0.15, -0.1) is 0 Å². The van der Waals surface area contributed by atoms with Crippen LogP contribution in [-0.2, 0) is 9.59 Å². The highest BCUT2D eigenvalue weighted by Crippen LogP contribution is 2.15. The molecule has 0 atom stereocenters. The molecule has 2 rings (SSSR count). The monoisotopic (exact) mass is 359 g/mol. The smallest absolute Gasteiger partial charge is 0.277 e. The molecule has 0 bridgehead atoms. The summed E-state index contributed by atoms with van der Waals surface area (Å²) in [4.78, 5) is 22.8. The fraction of sp³-hybridized carbons (Fsp3) is 0.167. The van der Waals surface area contributed by atoms with E-state index in [1.807, 2.05) is 0 Å². The van der Waals surface area contributed by atoms with Crippen LogP contribution in [0.2, 0.25) is 5.02 Å². The summed E-state index contributed by atoms with van der Waals surface area (Å²) in [5.41, 5.74) is 4.60. The number of amides is 2. The van der Waals surface area contributed by atoms with Gasteiger partial charge in [-0.05, 0) is 48.9 Å². The van der Waals surface area contributed by atoms with Crippen molar-refractivity contribution >= 4 is 34.8 Å². The molecule has 0 aliphatic rings. The van der Waals surface area contributed by atoms with Crippen molar-refractivity contribution in [1.29, 1.82) is 0 Å². The number of nitrogens with one attached hydrogen (secondary N) is 2. The Labute approximate surface area is 150 Å². The summed E-state index contributed by atoms with van der Waals surface area (Å²) < 4.78 is 5.33. The number of ether oxygens (including phenoxy) is 1. The van der Waals surface area contributed by atoms with Crippen LogP contribution in [0.25, 0.3) is 0 Å². The van der Waals surface area contributed by atoms with Crippen LogP contribution >= 0.6 is 11.6 Å². The van der Waals surface area contributed by atoms with Crippen LogP contribution in [0.5, 0.6) is 5.75 Å². The summed E-state index contributed by atoms with van der Waals surface area (Å²) in [6.45, 7) is 3.07. The number of benzene rings is 2. The summed E-state index contributed by atoms with van der Waals surface area (Å²) in [5.74, 6) is 0.0454. The second-order valence-electron chi connectivity index (χ2n) is 5.23. The number of rotatable bonds is 6. The predicted octanol–water partition coefficient (Wildman–Crippen LogP) is 3.22. The van der Waals surface area contributed by atoms with Crippen molar-refractivity contribution in [2.24, 2.45) is 5.10 Å². The van der Waals surface area contributed by atoms with Crippen molar-refractivity contribution in [3.8, 4) is 5.75 Å². The van der Waals surface area contributed by atoms with Gasteiger partial charge in [-0.1, -0.05) is 23.7 Å². The van der Waals surface area contributed by atoms with Crippen molar-refractivity contribution in [3.05, 3.63) is 59.1 Å². The molecular formula is C18H18ClN3O3. The van der Waals surface area contributed by atoms with Crippen LogP contribution in [-0.4, -0.2) is 24.1 Å². The first-order valence-corrected chi connectivity index (χ1v) is 7.91. The third-order valence-electron chi connectivity index (χ3n) is 3.15. The molecule has 2 amide bonds. The van der Waals surface area contributed by atoms with Gasteiger partial charge in [0.2, 0.25) is 5.91 Å². The summed E-state index contributed by atoms with van der Waals surface area (Å²) in [6.07, 6.45) is 0. The van der Waals surface area contributed by atoms with Gasteiger partial charge in [0.15, 0.2) is 6.61 Å². The molecule has 6 nitrogen and oxygen atoms in total. The van der Waals surface area contributed by atoms with Crippen molar-refractivity contribution in [1.82, 2.24) is 5.43 Å². The van der Waals surface area contributed by atoms with Crippen molar-refractivity contribution in [2.45, 2.75) is 13.8 Å². The molecule has 0 aliphatic carbocycles. The fourth-order valence-corrected chi connectivity index (χ4v) is 2.05. The first-order chi connectivity index (χ1) is 11.9. The molecule has 25 heavy (non-hydrogen) atoms. The van der Waals surface area contributed by atoms with Gasteiger partial charge in [-0.2, -0.15) is 5.10 Å². The zero-order valence-electron chi connectivity index (χ0n) is 13.9. The summed E-state index contributed by atoms with van der Waals surface area (Å²) >= 11 is 5.78. The van der Waals surface area contributed by atoms with Crippen molar-refractivity contribution in [2.75, 3.05) is 11.9 Å². The minimum Gasteiger partial charge on any atom is -0.484 e. The van der Waals surface area contributed by atoms with Gasteiger partial charge in [0.05, 0.1) is 5.71 Å². The van der Waals surface area contributed by atoms with Gasteiger partial charge in [0.25, 0.3) is 5.91 Å². The maximum atomic E-state index is 11.8. The Bertz CT molecular complexity index is 771. The normalized spacial score (nSPS) is 10.9. The second-order valence-corrected chi connectivity index (χ2v) is 5.67. The highest BCUT2D eigenvalue weighted by Gasteiger charge is 2.04. The maximum absolute atomic E-state index is 11.8. The average molecular weight is 360 g/mol. The SMILES string of the molecule is CC(=O)Nc1ccc(C(C)=NNC(=O)COc2ccc(Cl)cc2)cc1. The molecule has 2 N–H and O–H groups in total. The van der Waals surface area contributed by atoms with E-state index < -0.39 is 0 Å². The third-order valence-corrected chi connectivity index (χ3v) is 3.41. The van der Waals surface area contributed by atoms with E-state index >= 15 is 0 Å². The van der Waals surface area contributed by atoms with Crippen LogP contribution < -0.4 is 15.5 Å². The standard InChI is InChI=1S/C18H18ClN3O3/c1-12(14-3-7-16(8-4-14)20-13(2)23)21-22-18(24)11-25-17-9-5-15(19)6-10-17/h3-10H,11H2,1-2H3,(H,20,23)(H,22,24). The minimum absolute atomic E-state index is 0.133. The molecule has 0 saturated carbocycles. The van der Waals surface area contributed by atoms with Crippen molar-refractivity contribution < 1.29 is 14.3 Å². The number of hydrogen-bond acceptors (Lipinski definition) is 4. The Morgan fingerprint density at radius 2 is 1.68 bits per heavy atom. The predicted molar refractivity (Wildman–Crippen MR) is 98.0 cm³/mol. The lowest BCUT2D eigenvalue weighted by Crippen LogP contribution is -2.25. The summed E-state index contributed by atoms with van der Waals surface area (Å²) in [5, 5.41) is 7.32. The lowest BCUT2D eigenvalue weighted by molar-refractivity contribution is -0.123. The number of halogens is 1. The molecule has 0 aromatic heterocycles. The molecule has 2 aromatic rings. The van der Waals surface area contributed by atoms with Gasteiger partial charge in [0, 0.05) is 17.6 Å². The average Bonchev–Trinajstić information content (AvgIpc) is 2.59. The van der Waals surface area contributed by atoms with Crippen LogP contribution in [0.1, 0.15) is 19.4 Å². The Morgan fingerprint density at radius 3 is 2.28 bits per heavy atom. The number of carbonyl (C=O) groups excluding carboxylic acids is 2. The Morgan fingerprint density at radius 1 is 1.04 bits per heavy atom. The van der Waals surface area contributed by atoms with E-state index in [0.717, 1.165) is 5.56 Å². The first kappa shape index (κ1) is 18.5. The number of anilines is 1. The van der Waals surface area contributed by atoms with E-state index in [-0.39, 0.29) is 18.4 Å². The number of hydrogen-bond donors (Lipinski definition) is 2. The topological polar surface area (TPSA) is 79.8 Å². The highest BCUT2D eigenvalue weighted by molar-refractivity contribution is 6.30. The third kappa shape index (κ3) is 6.27. The van der Waals surface area contributed by atoms with E-state index in [9.17, 15) is 9.59 Å². The van der Waals surface area contributed by atoms with Crippen LogP contribution in [0.4, 0.5) is 5.69 Å². The summed E-state index contributed by atoms with van der Waals surface area (Å²) in [7, 11) is 0. The largest absolute Gasteiger partial charge is 0.484 e. The molecule has 130 valence electrons. The molecule has 0 radical (unpaired) electrons. The Kier molecular flexibility index (Phi) is 6.54. The first-order valence-electron chi connectivity index (χ1n) is 7.53. The van der Waals surface area contributed by atoms with E-state index in [4.69, 9.17) is 16.3 Å². The zero-order chi connectivity index (χ0) is 18.2. The van der Waals surface area contributed by atoms with Gasteiger partial charge in [0.1, 0.15) is 5.75 Å². The lowest BCUT2D eigenvalue weighted by atomic mass is 10.1. The van der Waals surface area contributed by atoms with E-state index in [1.54, 1.807) is 55.5 Å². The van der Waals surface area contributed by atoms with Gasteiger partial charge in [-0.3, -0.25) is 9.59 Å². The van der Waals surface area contributed by atoms with Gasteiger partial charge < -0.3 is 10.1 Å². The van der Waals surface area contributed by atoms with Crippen LogP contribution in [0, 0.1) is 0 Å². The molecule has 0 heterocycles. The van der Waals surface area contributed by atoms with E-state index in [2.05, 4.69) is 15.8 Å². The van der Waals surface area contributed by atoms with E-state index in [0.29, 0.717) is 22.2 Å². The Balaban J connectivity index is 1.86. The van der Waals surface area contributed by atoms with Crippen molar-refractivity contribution in [3.63, 3.8) is 0 Å². The molecule has 0 fully saturated rings. The molecule has 7 heteroatoms. The number of nitrogens with zero attached hydrogens (tertiary/aromatic N) is 1. The minimum atomic E-state index is -0.371. The summed E-state index contributed by atoms with van der Waals surface area (Å²) in [6, 6.07) is 13.9. The van der Waals surface area contributed by atoms with Gasteiger partial charge >= 0.3 is 0 Å². The quantitative estimate of drug-likeness (QED) is 0.614. The maximum Gasteiger partial charge on any atom is 0.277 e. The molecule has 2 aromatic carbocycles. The van der Waals surface area contributed by atoms with Crippen LogP contribution in [0.15, 0.2) is 53.6 Å². The molecular weight excluding hydrogens is 342 g/mol. The number of hydrazone groups is 1. The zero-order valence-corrected chi connectivity index (χ0v) is 14.6. The van der Waals surface area contributed by atoms with Crippen LogP contribution in [0.3, 0.4) is 0 Å². The molecule has 0 unspecified atom stereocenters. The Hall–Kier alpha value is -2.86. The lowest BCUT2D eigenvalue weighted by Gasteiger charge is -2.07.